The Labute approximate surface area is 146 Å². The molecule has 0 N–H and O–H groups in total. The van der Waals surface area contributed by atoms with Gasteiger partial charge >= 0.3 is 0 Å². The first-order valence-corrected chi connectivity index (χ1v) is 9.48. The van der Waals surface area contributed by atoms with E-state index in [-0.39, 0.29) is 11.7 Å². The van der Waals surface area contributed by atoms with E-state index < -0.39 is 0 Å². The Morgan fingerprint density at radius 1 is 1.21 bits per heavy atom. The van der Waals surface area contributed by atoms with Gasteiger partial charge < -0.3 is 9.32 Å². The maximum atomic E-state index is 12.9. The summed E-state index contributed by atoms with van der Waals surface area (Å²) in [6.07, 6.45) is 4.18. The lowest BCUT2D eigenvalue weighted by Gasteiger charge is -2.32. The van der Waals surface area contributed by atoms with Gasteiger partial charge in [-0.15, -0.1) is 0 Å². The molecule has 0 radical (unpaired) electrons. The van der Waals surface area contributed by atoms with Gasteiger partial charge in [0, 0.05) is 13.1 Å². The molecule has 1 aliphatic heterocycles. The molecule has 1 amide bonds. The van der Waals surface area contributed by atoms with Gasteiger partial charge in [0.25, 0.3) is 0 Å². The van der Waals surface area contributed by atoms with Crippen LogP contribution in [0, 0.1) is 11.7 Å². The number of thioether (sulfide) groups is 1. The molecular formula is C19H22FNO2S. The molecule has 5 heteroatoms. The summed E-state index contributed by atoms with van der Waals surface area (Å²) in [5.74, 6) is 3.59. The zero-order chi connectivity index (χ0) is 16.8. The monoisotopic (exact) mass is 347 g/mol. The van der Waals surface area contributed by atoms with E-state index in [0.717, 1.165) is 48.8 Å². The number of hydrogen-bond acceptors (Lipinski definition) is 3. The smallest absolute Gasteiger partial charge is 0.226 e. The summed E-state index contributed by atoms with van der Waals surface area (Å²) >= 11 is 1.90. The number of rotatable bonds is 6. The third kappa shape index (κ3) is 4.87. The lowest BCUT2D eigenvalue weighted by molar-refractivity contribution is -0.131. The summed E-state index contributed by atoms with van der Waals surface area (Å²) in [5, 5.41) is 0. The van der Waals surface area contributed by atoms with E-state index in [1.54, 1.807) is 18.4 Å². The van der Waals surface area contributed by atoms with Crippen molar-refractivity contribution in [3.05, 3.63) is 59.8 Å². The number of furan rings is 1. The third-order valence-corrected chi connectivity index (χ3v) is 5.61. The Morgan fingerprint density at radius 3 is 2.62 bits per heavy atom. The Kier molecular flexibility index (Phi) is 5.96. The van der Waals surface area contributed by atoms with Crippen LogP contribution in [0.25, 0.3) is 0 Å². The summed E-state index contributed by atoms with van der Waals surface area (Å²) in [6.45, 7) is 1.65. The fraction of sp³-hybridized carbons (Fsp3) is 0.421. The second kappa shape index (κ2) is 8.38. The Hall–Kier alpha value is -1.75. The highest BCUT2D eigenvalue weighted by atomic mass is 32.2. The predicted octanol–water partition coefficient (Wildman–Crippen LogP) is 4.13. The van der Waals surface area contributed by atoms with Crippen molar-refractivity contribution in [3.63, 3.8) is 0 Å². The van der Waals surface area contributed by atoms with Gasteiger partial charge in [-0.2, -0.15) is 11.8 Å². The van der Waals surface area contributed by atoms with Crippen LogP contribution in [0.1, 0.15) is 24.2 Å². The lowest BCUT2D eigenvalue weighted by atomic mass is 9.98. The largest absolute Gasteiger partial charge is 0.468 e. The van der Waals surface area contributed by atoms with E-state index in [2.05, 4.69) is 0 Å². The average molecular weight is 347 g/mol. The molecule has 1 fully saturated rings. The molecule has 0 bridgehead atoms. The van der Waals surface area contributed by atoms with Crippen molar-refractivity contribution in [2.75, 3.05) is 18.8 Å². The van der Waals surface area contributed by atoms with Gasteiger partial charge in [0.15, 0.2) is 0 Å². The highest BCUT2D eigenvalue weighted by Crippen LogP contribution is 2.24. The molecule has 1 aromatic carbocycles. The molecule has 128 valence electrons. The van der Waals surface area contributed by atoms with Crippen LogP contribution >= 0.6 is 11.8 Å². The molecular weight excluding hydrogens is 325 g/mol. The van der Waals surface area contributed by atoms with E-state index in [9.17, 15) is 9.18 Å². The number of likely N-dealkylation sites (tertiary alicyclic amines) is 1. The van der Waals surface area contributed by atoms with Crippen LogP contribution < -0.4 is 0 Å². The van der Waals surface area contributed by atoms with E-state index in [4.69, 9.17) is 4.42 Å². The molecule has 1 aliphatic rings. The van der Waals surface area contributed by atoms with E-state index >= 15 is 0 Å². The van der Waals surface area contributed by atoms with Crippen LogP contribution in [-0.2, 0) is 17.0 Å². The van der Waals surface area contributed by atoms with Crippen molar-refractivity contribution >= 4 is 17.7 Å². The zero-order valence-corrected chi connectivity index (χ0v) is 14.4. The topological polar surface area (TPSA) is 33.5 Å². The molecule has 0 atom stereocenters. The van der Waals surface area contributed by atoms with Crippen LogP contribution in [0.15, 0.2) is 47.1 Å². The molecule has 0 aliphatic carbocycles. The zero-order valence-electron chi connectivity index (χ0n) is 13.6. The second-order valence-electron chi connectivity index (χ2n) is 6.22. The van der Waals surface area contributed by atoms with Crippen LogP contribution in [-0.4, -0.2) is 29.6 Å². The standard InChI is InChI=1S/C19H22FNO2S/c20-17-5-3-15(4-6-17)12-19(22)21-9-7-16(8-10-21)13-24-14-18-2-1-11-23-18/h1-6,11,16H,7-10,12-14H2. The van der Waals surface area contributed by atoms with Crippen molar-refractivity contribution in [1.82, 2.24) is 4.90 Å². The Balaban J connectivity index is 1.38. The summed E-state index contributed by atoms with van der Waals surface area (Å²) < 4.78 is 18.2. The van der Waals surface area contributed by atoms with Gasteiger partial charge in [-0.25, -0.2) is 4.39 Å². The lowest BCUT2D eigenvalue weighted by Crippen LogP contribution is -2.39. The normalized spacial score (nSPS) is 15.6. The van der Waals surface area contributed by atoms with Crippen LogP contribution in [0.3, 0.4) is 0 Å². The van der Waals surface area contributed by atoms with Crippen molar-refractivity contribution in [3.8, 4) is 0 Å². The second-order valence-corrected chi connectivity index (χ2v) is 7.25. The number of benzene rings is 1. The van der Waals surface area contributed by atoms with Crippen molar-refractivity contribution < 1.29 is 13.6 Å². The van der Waals surface area contributed by atoms with Crippen molar-refractivity contribution in [2.24, 2.45) is 5.92 Å². The maximum Gasteiger partial charge on any atom is 0.226 e. The highest BCUT2D eigenvalue weighted by molar-refractivity contribution is 7.98. The first-order valence-electron chi connectivity index (χ1n) is 8.33. The third-order valence-electron chi connectivity index (χ3n) is 4.41. The minimum Gasteiger partial charge on any atom is -0.468 e. The van der Waals surface area contributed by atoms with Gasteiger partial charge in [-0.3, -0.25) is 4.79 Å². The van der Waals surface area contributed by atoms with Gasteiger partial charge in [-0.05, 0) is 54.3 Å². The fourth-order valence-corrected chi connectivity index (χ4v) is 4.11. The molecule has 3 nitrogen and oxygen atoms in total. The Morgan fingerprint density at radius 2 is 1.96 bits per heavy atom. The molecule has 0 unspecified atom stereocenters. The SMILES string of the molecule is O=C(Cc1ccc(F)cc1)N1CCC(CSCc2ccco2)CC1. The number of carbonyl (C=O) groups excluding carboxylic acids is 1. The van der Waals surface area contributed by atoms with Gasteiger partial charge in [0.05, 0.1) is 18.4 Å². The first kappa shape index (κ1) is 17.1. The summed E-state index contributed by atoms with van der Waals surface area (Å²) in [5.41, 5.74) is 0.873. The van der Waals surface area contributed by atoms with Crippen molar-refractivity contribution in [1.29, 1.82) is 0 Å². The number of halogens is 1. The number of nitrogens with zero attached hydrogens (tertiary/aromatic N) is 1. The molecule has 2 heterocycles. The van der Waals surface area contributed by atoms with E-state index in [1.807, 2.05) is 28.8 Å². The highest BCUT2D eigenvalue weighted by Gasteiger charge is 2.22. The maximum absolute atomic E-state index is 12.9. The minimum atomic E-state index is -0.265. The van der Waals surface area contributed by atoms with Gasteiger partial charge in [0.2, 0.25) is 5.91 Å². The summed E-state index contributed by atoms with van der Waals surface area (Å²) in [7, 11) is 0. The van der Waals surface area contributed by atoms with Gasteiger partial charge in [0.1, 0.15) is 11.6 Å². The van der Waals surface area contributed by atoms with E-state index in [0.29, 0.717) is 12.3 Å². The molecule has 1 saturated heterocycles. The van der Waals surface area contributed by atoms with Crippen LogP contribution in [0.5, 0.6) is 0 Å². The minimum absolute atomic E-state index is 0.142. The molecule has 24 heavy (non-hydrogen) atoms. The molecule has 1 aromatic heterocycles. The number of carbonyl (C=O) groups is 1. The fourth-order valence-electron chi connectivity index (χ4n) is 2.96. The first-order chi connectivity index (χ1) is 11.7. The van der Waals surface area contributed by atoms with Gasteiger partial charge in [-0.1, -0.05) is 12.1 Å². The number of piperidine rings is 1. The Bertz CT molecular complexity index is 634. The molecule has 0 saturated carbocycles. The van der Waals surface area contributed by atoms with E-state index in [1.165, 1.54) is 12.1 Å². The summed E-state index contributed by atoms with van der Waals surface area (Å²) in [4.78, 5) is 14.3. The molecule has 2 aromatic rings. The average Bonchev–Trinajstić information content (AvgIpc) is 3.11. The van der Waals surface area contributed by atoms with Crippen LogP contribution in [0.2, 0.25) is 0 Å². The molecule has 3 rings (SSSR count). The van der Waals surface area contributed by atoms with Crippen LogP contribution in [0.4, 0.5) is 4.39 Å². The number of hydrogen-bond donors (Lipinski definition) is 0. The summed E-state index contributed by atoms with van der Waals surface area (Å²) in [6, 6.07) is 10.1. The quantitative estimate of drug-likeness (QED) is 0.788. The molecule has 0 spiro atoms. The number of amides is 1. The predicted molar refractivity (Wildman–Crippen MR) is 94.3 cm³/mol. The van der Waals surface area contributed by atoms with Crippen molar-refractivity contribution in [2.45, 2.75) is 25.0 Å².